The van der Waals surface area contributed by atoms with E-state index in [2.05, 4.69) is 42.3 Å². The molecule has 0 aromatic carbocycles. The highest BCUT2D eigenvalue weighted by Gasteiger charge is 2.22. The minimum Gasteiger partial charge on any atom is -0.366 e. The van der Waals surface area contributed by atoms with Crippen molar-refractivity contribution >= 4 is 5.69 Å². The molecule has 1 N–H and O–H groups in total. The van der Waals surface area contributed by atoms with Crippen molar-refractivity contribution in [3.63, 3.8) is 0 Å². The summed E-state index contributed by atoms with van der Waals surface area (Å²) in [5.41, 5.74) is 1.26. The van der Waals surface area contributed by atoms with Crippen LogP contribution < -0.4 is 10.2 Å². The van der Waals surface area contributed by atoms with Gasteiger partial charge in [0.2, 0.25) is 0 Å². The molecule has 4 nitrogen and oxygen atoms in total. The molecule has 1 saturated heterocycles. The van der Waals surface area contributed by atoms with Gasteiger partial charge in [-0.2, -0.15) is 5.10 Å². The van der Waals surface area contributed by atoms with E-state index in [0.29, 0.717) is 12.0 Å². The van der Waals surface area contributed by atoms with Gasteiger partial charge in [-0.05, 0) is 12.8 Å². The average Bonchev–Trinajstić information content (AvgIpc) is 2.77. The van der Waals surface area contributed by atoms with E-state index < -0.39 is 0 Å². The molecule has 90 valence electrons. The number of nitrogens with zero attached hydrogens (tertiary/aromatic N) is 3. The minimum absolute atomic E-state index is 0.596. The third-order valence-corrected chi connectivity index (χ3v) is 3.32. The second kappa shape index (κ2) is 4.87. The van der Waals surface area contributed by atoms with Crippen LogP contribution in [0.2, 0.25) is 0 Å². The molecule has 1 aliphatic rings. The van der Waals surface area contributed by atoms with Crippen molar-refractivity contribution in [3.8, 4) is 0 Å². The van der Waals surface area contributed by atoms with Crippen molar-refractivity contribution in [1.29, 1.82) is 0 Å². The molecule has 1 unspecified atom stereocenters. The second-order valence-corrected chi connectivity index (χ2v) is 4.80. The monoisotopic (exact) mass is 222 g/mol. The van der Waals surface area contributed by atoms with Gasteiger partial charge < -0.3 is 10.2 Å². The fraction of sp³-hybridized carbons (Fsp3) is 0.750. The Morgan fingerprint density at radius 2 is 2.38 bits per heavy atom. The first kappa shape index (κ1) is 11.5. The number of nitrogens with one attached hydrogen (secondary N) is 1. The molecule has 0 aliphatic carbocycles. The first-order valence-electron chi connectivity index (χ1n) is 6.21. The summed E-state index contributed by atoms with van der Waals surface area (Å²) in [6, 6.07) is 0.596. The summed E-state index contributed by atoms with van der Waals surface area (Å²) in [4.78, 5) is 2.43. The predicted molar refractivity (Wildman–Crippen MR) is 66.7 cm³/mol. The van der Waals surface area contributed by atoms with Crippen LogP contribution in [0.1, 0.15) is 20.8 Å². The minimum atomic E-state index is 0.596. The number of hydrogen-bond acceptors (Lipinski definition) is 3. The zero-order valence-corrected chi connectivity index (χ0v) is 10.5. The van der Waals surface area contributed by atoms with E-state index in [9.17, 15) is 0 Å². The Hall–Kier alpha value is -1.03. The quantitative estimate of drug-likeness (QED) is 0.837. The number of rotatable bonds is 3. The molecule has 1 aliphatic heterocycles. The molecule has 16 heavy (non-hydrogen) atoms. The lowest BCUT2D eigenvalue weighted by Crippen LogP contribution is -2.52. The Morgan fingerprint density at radius 3 is 3.00 bits per heavy atom. The third kappa shape index (κ3) is 2.38. The third-order valence-electron chi connectivity index (χ3n) is 3.32. The molecule has 0 radical (unpaired) electrons. The molecule has 4 heteroatoms. The van der Waals surface area contributed by atoms with E-state index in [-0.39, 0.29) is 0 Å². The zero-order valence-electron chi connectivity index (χ0n) is 10.5. The van der Waals surface area contributed by atoms with Crippen LogP contribution in [0.3, 0.4) is 0 Å². The van der Waals surface area contributed by atoms with Gasteiger partial charge in [0.1, 0.15) is 0 Å². The maximum absolute atomic E-state index is 4.33. The van der Waals surface area contributed by atoms with Crippen LogP contribution in [-0.4, -0.2) is 35.5 Å². The average molecular weight is 222 g/mol. The van der Waals surface area contributed by atoms with Crippen LogP contribution in [0.5, 0.6) is 0 Å². The summed E-state index contributed by atoms with van der Waals surface area (Å²) < 4.78 is 1.99. The van der Waals surface area contributed by atoms with Gasteiger partial charge >= 0.3 is 0 Å². The van der Waals surface area contributed by atoms with E-state index in [1.54, 1.807) is 0 Å². The Kier molecular flexibility index (Phi) is 3.49. The van der Waals surface area contributed by atoms with Gasteiger partial charge in [-0.15, -0.1) is 0 Å². The van der Waals surface area contributed by atoms with Gasteiger partial charge in [0.15, 0.2) is 0 Å². The molecule has 0 amide bonds. The molecule has 0 spiro atoms. The first-order valence-corrected chi connectivity index (χ1v) is 6.21. The number of piperazine rings is 1. The molecule has 1 aromatic heterocycles. The van der Waals surface area contributed by atoms with Gasteiger partial charge in [-0.1, -0.05) is 13.8 Å². The Labute approximate surface area is 97.6 Å². The van der Waals surface area contributed by atoms with Gasteiger partial charge in [0.25, 0.3) is 0 Å². The van der Waals surface area contributed by atoms with Crippen molar-refractivity contribution in [1.82, 2.24) is 15.1 Å². The Morgan fingerprint density at radius 1 is 1.56 bits per heavy atom. The molecule has 2 heterocycles. The SMILES string of the molecule is CCn1cc(N2CCNC(C(C)C)C2)cn1. The molecular formula is C12H22N4. The zero-order chi connectivity index (χ0) is 11.5. The normalized spacial score (nSPS) is 21.8. The highest BCUT2D eigenvalue weighted by Crippen LogP contribution is 2.17. The fourth-order valence-electron chi connectivity index (χ4n) is 2.15. The second-order valence-electron chi connectivity index (χ2n) is 4.80. The van der Waals surface area contributed by atoms with E-state index in [1.165, 1.54) is 5.69 Å². The fourth-order valence-corrected chi connectivity index (χ4v) is 2.15. The van der Waals surface area contributed by atoms with E-state index in [4.69, 9.17) is 0 Å². The number of anilines is 1. The van der Waals surface area contributed by atoms with Crippen LogP contribution >= 0.6 is 0 Å². The number of aromatic nitrogens is 2. The summed E-state index contributed by atoms with van der Waals surface area (Å²) in [7, 11) is 0. The number of hydrogen-bond donors (Lipinski definition) is 1. The molecule has 2 rings (SSSR count). The molecule has 0 saturated carbocycles. The molecule has 1 aromatic rings. The summed E-state index contributed by atoms with van der Waals surface area (Å²) in [5.74, 6) is 0.684. The standard InChI is InChI=1S/C12H22N4/c1-4-16-8-11(7-14-16)15-6-5-13-12(9-15)10(2)3/h7-8,10,12-13H,4-6,9H2,1-3H3. The van der Waals surface area contributed by atoms with Crippen LogP contribution in [0.4, 0.5) is 5.69 Å². The van der Waals surface area contributed by atoms with Crippen molar-refractivity contribution in [3.05, 3.63) is 12.4 Å². The summed E-state index contributed by atoms with van der Waals surface area (Å²) in [6.45, 7) is 10.9. The van der Waals surface area contributed by atoms with Gasteiger partial charge in [0, 0.05) is 38.4 Å². The smallest absolute Gasteiger partial charge is 0.0753 e. The maximum atomic E-state index is 4.33. The molecule has 1 atom stereocenters. The molecular weight excluding hydrogens is 200 g/mol. The van der Waals surface area contributed by atoms with Crippen molar-refractivity contribution in [2.75, 3.05) is 24.5 Å². The lowest BCUT2D eigenvalue weighted by atomic mass is 10.0. The lowest BCUT2D eigenvalue weighted by Gasteiger charge is -2.36. The summed E-state index contributed by atoms with van der Waals surface area (Å²) >= 11 is 0. The van der Waals surface area contributed by atoms with Crippen LogP contribution in [0.15, 0.2) is 12.4 Å². The largest absolute Gasteiger partial charge is 0.366 e. The highest BCUT2D eigenvalue weighted by atomic mass is 15.3. The lowest BCUT2D eigenvalue weighted by molar-refractivity contribution is 0.368. The van der Waals surface area contributed by atoms with Crippen LogP contribution in [0.25, 0.3) is 0 Å². The maximum Gasteiger partial charge on any atom is 0.0753 e. The van der Waals surface area contributed by atoms with E-state index in [0.717, 1.165) is 26.2 Å². The highest BCUT2D eigenvalue weighted by molar-refractivity contribution is 5.43. The Balaban J connectivity index is 2.03. The molecule has 0 bridgehead atoms. The molecule has 1 fully saturated rings. The van der Waals surface area contributed by atoms with Crippen molar-refractivity contribution in [2.45, 2.75) is 33.4 Å². The number of aryl methyl sites for hydroxylation is 1. The van der Waals surface area contributed by atoms with Crippen LogP contribution in [-0.2, 0) is 6.54 Å². The van der Waals surface area contributed by atoms with E-state index in [1.807, 2.05) is 10.9 Å². The summed E-state index contributed by atoms with van der Waals surface area (Å²) in [5, 5.41) is 7.90. The first-order chi connectivity index (χ1) is 7.70. The van der Waals surface area contributed by atoms with Gasteiger partial charge in [-0.25, -0.2) is 0 Å². The Bertz CT molecular complexity index is 332. The van der Waals surface area contributed by atoms with E-state index >= 15 is 0 Å². The van der Waals surface area contributed by atoms with Crippen molar-refractivity contribution < 1.29 is 0 Å². The van der Waals surface area contributed by atoms with Crippen molar-refractivity contribution in [2.24, 2.45) is 5.92 Å². The summed E-state index contributed by atoms with van der Waals surface area (Å²) in [6.07, 6.45) is 4.12. The van der Waals surface area contributed by atoms with Gasteiger partial charge in [-0.3, -0.25) is 4.68 Å². The predicted octanol–water partition coefficient (Wildman–Crippen LogP) is 1.34. The van der Waals surface area contributed by atoms with Gasteiger partial charge in [0.05, 0.1) is 11.9 Å². The topological polar surface area (TPSA) is 33.1 Å². The van der Waals surface area contributed by atoms with Crippen LogP contribution in [0, 0.1) is 5.92 Å².